The fourth-order valence-corrected chi connectivity index (χ4v) is 4.98. The van der Waals surface area contributed by atoms with Crippen LogP contribution in [-0.2, 0) is 13.2 Å². The molecule has 2 nitrogen and oxygen atoms in total. The molecule has 148 valence electrons. The highest BCUT2D eigenvalue weighted by atomic mass is 32.1. The molecule has 3 rings (SSSR count). The topological polar surface area (TPSA) is 40.5 Å². The zero-order chi connectivity index (χ0) is 20.4. The van der Waals surface area contributed by atoms with Crippen LogP contribution in [0.3, 0.4) is 0 Å². The van der Waals surface area contributed by atoms with E-state index in [0.29, 0.717) is 0 Å². The van der Waals surface area contributed by atoms with E-state index in [0.717, 1.165) is 34.8 Å². The van der Waals surface area contributed by atoms with Crippen LogP contribution < -0.4 is 0 Å². The number of hydrogen-bond acceptors (Lipinski definition) is 4. The van der Waals surface area contributed by atoms with Gasteiger partial charge in [-0.1, -0.05) is 0 Å². The van der Waals surface area contributed by atoms with E-state index in [-0.39, 0.29) is 19.5 Å². The first-order chi connectivity index (χ1) is 12.4. The molecule has 0 saturated carbocycles. The summed E-state index contributed by atoms with van der Waals surface area (Å²) in [5, 5.41) is 18.4. The highest BCUT2D eigenvalue weighted by Gasteiger charge is 2.80. The van der Waals surface area contributed by atoms with Gasteiger partial charge in [0, 0.05) is 30.7 Å². The van der Waals surface area contributed by atoms with Crippen molar-refractivity contribution in [3.05, 3.63) is 42.8 Å². The van der Waals surface area contributed by atoms with Gasteiger partial charge in [-0.3, -0.25) is 0 Å². The highest BCUT2D eigenvalue weighted by molar-refractivity contribution is 7.12. The van der Waals surface area contributed by atoms with Crippen LogP contribution in [0, 0.1) is 13.8 Å². The number of aliphatic hydroxyl groups is 2. The molecule has 0 amide bonds. The Morgan fingerprint density at radius 2 is 1.07 bits per heavy atom. The number of rotatable bonds is 4. The summed E-state index contributed by atoms with van der Waals surface area (Å²) in [7, 11) is 0. The standard InChI is InChI=1S/C17H14F6O2S2/c1-7-11(3-9(5-24)26-7)13-14(12-4-10(6-25)27-8(12)2)16(20,21)17(22,23)15(13,18)19/h3-4,24-25H,5-6H2,1-2H3. The van der Waals surface area contributed by atoms with Crippen LogP contribution >= 0.6 is 22.7 Å². The summed E-state index contributed by atoms with van der Waals surface area (Å²) >= 11 is 1.74. The third-order valence-corrected chi connectivity index (χ3v) is 6.53. The number of aryl methyl sites for hydroxylation is 2. The molecule has 0 atom stereocenters. The third kappa shape index (κ3) is 2.68. The van der Waals surface area contributed by atoms with E-state index >= 15 is 0 Å². The van der Waals surface area contributed by atoms with Gasteiger partial charge in [0.1, 0.15) is 0 Å². The highest BCUT2D eigenvalue weighted by Crippen LogP contribution is 2.65. The van der Waals surface area contributed by atoms with E-state index in [4.69, 9.17) is 0 Å². The lowest BCUT2D eigenvalue weighted by Crippen LogP contribution is -2.48. The molecule has 0 spiro atoms. The van der Waals surface area contributed by atoms with Gasteiger partial charge in [0.05, 0.1) is 13.2 Å². The summed E-state index contributed by atoms with van der Waals surface area (Å²) < 4.78 is 86.9. The maximum absolute atomic E-state index is 14.6. The normalized spacial score (nSPS) is 20.5. The Kier molecular flexibility index (Phi) is 4.78. The van der Waals surface area contributed by atoms with Gasteiger partial charge >= 0.3 is 17.8 Å². The third-order valence-electron chi connectivity index (χ3n) is 4.45. The average molecular weight is 428 g/mol. The molecule has 0 aliphatic heterocycles. The maximum atomic E-state index is 14.6. The molecule has 2 N–H and O–H groups in total. The fraction of sp³-hybridized carbons (Fsp3) is 0.412. The lowest BCUT2D eigenvalue weighted by atomic mass is 9.95. The summed E-state index contributed by atoms with van der Waals surface area (Å²) in [6, 6.07) is 2.07. The van der Waals surface area contributed by atoms with Crippen LogP contribution in [0.1, 0.15) is 30.6 Å². The summed E-state index contributed by atoms with van der Waals surface area (Å²) in [5.74, 6) is -15.8. The number of hydrogen-bond donors (Lipinski definition) is 2. The van der Waals surface area contributed by atoms with Gasteiger partial charge in [-0.25, -0.2) is 0 Å². The molecule has 0 bridgehead atoms. The zero-order valence-corrected chi connectivity index (χ0v) is 15.7. The maximum Gasteiger partial charge on any atom is 0.380 e. The second kappa shape index (κ2) is 6.33. The Morgan fingerprint density at radius 3 is 1.33 bits per heavy atom. The van der Waals surface area contributed by atoms with Crippen molar-refractivity contribution >= 4 is 33.8 Å². The van der Waals surface area contributed by atoms with Gasteiger partial charge < -0.3 is 10.2 Å². The SMILES string of the molecule is Cc1sc(CO)cc1C1=C(c2cc(CO)sc2C)C(F)(F)C(F)(F)C1(F)F. The smallest absolute Gasteiger partial charge is 0.380 e. The Bertz CT molecular complexity index is 854. The first-order valence-electron chi connectivity index (χ1n) is 7.69. The Balaban J connectivity index is 2.42. The second-order valence-electron chi connectivity index (χ2n) is 6.15. The van der Waals surface area contributed by atoms with E-state index < -0.39 is 53.3 Å². The number of allylic oxidation sites excluding steroid dienone is 2. The van der Waals surface area contributed by atoms with Crippen LogP contribution in [-0.4, -0.2) is 28.0 Å². The molecular formula is C17H14F6O2S2. The van der Waals surface area contributed by atoms with E-state index in [1.54, 1.807) is 0 Å². The van der Waals surface area contributed by atoms with E-state index in [2.05, 4.69) is 0 Å². The second-order valence-corrected chi connectivity index (χ2v) is 8.84. The molecular weight excluding hydrogens is 414 g/mol. The summed E-state index contributed by atoms with van der Waals surface area (Å²) in [6.07, 6.45) is 0. The van der Waals surface area contributed by atoms with Crippen LogP contribution in [0.5, 0.6) is 0 Å². The van der Waals surface area contributed by atoms with Crippen LogP contribution in [0.2, 0.25) is 0 Å². The minimum Gasteiger partial charge on any atom is -0.391 e. The van der Waals surface area contributed by atoms with Crippen molar-refractivity contribution in [3.8, 4) is 0 Å². The number of halogens is 6. The minimum atomic E-state index is -5.62. The molecule has 0 unspecified atom stereocenters. The van der Waals surface area contributed by atoms with Gasteiger partial charge in [-0.15, -0.1) is 22.7 Å². The van der Waals surface area contributed by atoms with Gasteiger partial charge in [-0.2, -0.15) is 26.3 Å². The molecule has 0 radical (unpaired) electrons. The van der Waals surface area contributed by atoms with Crippen molar-refractivity contribution in [1.82, 2.24) is 0 Å². The largest absolute Gasteiger partial charge is 0.391 e. The lowest BCUT2D eigenvalue weighted by molar-refractivity contribution is -0.254. The summed E-state index contributed by atoms with van der Waals surface area (Å²) in [4.78, 5) is 0.633. The average Bonchev–Trinajstić information content (AvgIpc) is 3.16. The van der Waals surface area contributed by atoms with Gasteiger partial charge in [0.25, 0.3) is 0 Å². The first-order valence-corrected chi connectivity index (χ1v) is 9.33. The molecule has 0 fully saturated rings. The number of alkyl halides is 6. The van der Waals surface area contributed by atoms with Crippen LogP contribution in [0.15, 0.2) is 12.1 Å². The monoisotopic (exact) mass is 428 g/mol. The van der Waals surface area contributed by atoms with Gasteiger partial charge in [-0.05, 0) is 37.1 Å². The zero-order valence-electron chi connectivity index (χ0n) is 14.0. The van der Waals surface area contributed by atoms with Crippen molar-refractivity contribution in [2.45, 2.75) is 44.8 Å². The van der Waals surface area contributed by atoms with Gasteiger partial charge in [0.2, 0.25) is 0 Å². The predicted molar refractivity (Wildman–Crippen MR) is 91.6 cm³/mol. The first kappa shape index (κ1) is 20.4. The molecule has 1 aliphatic carbocycles. The van der Waals surface area contributed by atoms with E-state index in [1.807, 2.05) is 0 Å². The number of aliphatic hydroxyl groups excluding tert-OH is 2. The Morgan fingerprint density at radius 1 is 0.741 bits per heavy atom. The summed E-state index contributed by atoms with van der Waals surface area (Å²) in [5.41, 5.74) is -3.73. The van der Waals surface area contributed by atoms with Crippen LogP contribution in [0.4, 0.5) is 26.3 Å². The molecule has 10 heteroatoms. The minimum absolute atomic E-state index is 0.120. The molecule has 0 saturated heterocycles. The molecule has 2 heterocycles. The van der Waals surface area contributed by atoms with Gasteiger partial charge in [0.15, 0.2) is 0 Å². The molecule has 1 aliphatic rings. The Labute approximate surface area is 158 Å². The Hall–Kier alpha value is -1.36. The molecule has 2 aromatic heterocycles. The van der Waals surface area contributed by atoms with Crippen molar-refractivity contribution in [2.75, 3.05) is 0 Å². The van der Waals surface area contributed by atoms with Crippen molar-refractivity contribution in [2.24, 2.45) is 0 Å². The molecule has 27 heavy (non-hydrogen) atoms. The summed E-state index contributed by atoms with van der Waals surface area (Å²) in [6.45, 7) is 1.62. The lowest BCUT2D eigenvalue weighted by Gasteiger charge is -2.25. The van der Waals surface area contributed by atoms with E-state index in [9.17, 15) is 36.6 Å². The van der Waals surface area contributed by atoms with Crippen molar-refractivity contribution in [3.63, 3.8) is 0 Å². The van der Waals surface area contributed by atoms with E-state index in [1.165, 1.54) is 13.8 Å². The van der Waals surface area contributed by atoms with Crippen LogP contribution in [0.25, 0.3) is 11.1 Å². The quantitative estimate of drug-likeness (QED) is 0.654. The van der Waals surface area contributed by atoms with Crippen molar-refractivity contribution < 1.29 is 36.6 Å². The predicted octanol–water partition coefficient (Wildman–Crippen LogP) is 5.24. The van der Waals surface area contributed by atoms with Crippen molar-refractivity contribution in [1.29, 1.82) is 0 Å². The fourth-order valence-electron chi connectivity index (χ4n) is 3.17. The molecule has 2 aromatic rings. The number of thiophene rings is 2. The molecule has 0 aromatic carbocycles.